The molecule has 0 bridgehead atoms. The molecular formula is C20H22. The predicted molar refractivity (Wildman–Crippen MR) is 87.1 cm³/mol. The Balaban J connectivity index is 1.86. The van der Waals surface area contributed by atoms with E-state index in [1.165, 1.54) is 27.8 Å². The van der Waals surface area contributed by atoms with E-state index in [2.05, 4.69) is 75.4 Å². The summed E-state index contributed by atoms with van der Waals surface area (Å²) in [5, 5.41) is 0. The molecule has 0 unspecified atom stereocenters. The second-order valence-corrected chi connectivity index (χ2v) is 6.72. The van der Waals surface area contributed by atoms with Crippen molar-refractivity contribution in [2.45, 2.75) is 39.0 Å². The lowest BCUT2D eigenvalue weighted by Crippen LogP contribution is -2.10. The third kappa shape index (κ3) is 2.56. The summed E-state index contributed by atoms with van der Waals surface area (Å²) >= 11 is 0. The molecule has 2 aromatic carbocycles. The van der Waals surface area contributed by atoms with Gasteiger partial charge in [0.1, 0.15) is 0 Å². The van der Waals surface area contributed by atoms with Crippen LogP contribution in [0.4, 0.5) is 0 Å². The molecule has 1 aliphatic carbocycles. The van der Waals surface area contributed by atoms with Crippen LogP contribution < -0.4 is 0 Å². The van der Waals surface area contributed by atoms with Crippen molar-refractivity contribution >= 4 is 6.08 Å². The lowest BCUT2D eigenvalue weighted by molar-refractivity contribution is 0.590. The largest absolute Gasteiger partial charge is 0.0795 e. The molecule has 0 radical (unpaired) electrons. The Bertz CT molecular complexity index is 637. The normalized spacial score (nSPS) is 13.6. The first-order chi connectivity index (χ1) is 9.54. The van der Waals surface area contributed by atoms with Gasteiger partial charge in [0.05, 0.1) is 0 Å². The van der Waals surface area contributed by atoms with E-state index < -0.39 is 0 Å². The summed E-state index contributed by atoms with van der Waals surface area (Å²) in [5.74, 6) is 0. The van der Waals surface area contributed by atoms with Crippen molar-refractivity contribution in [1.29, 1.82) is 0 Å². The number of allylic oxidation sites excluding steroid dienone is 1. The fraction of sp³-hybridized carbons (Fsp3) is 0.300. The third-order valence-corrected chi connectivity index (χ3v) is 4.12. The van der Waals surface area contributed by atoms with E-state index in [-0.39, 0.29) is 5.41 Å². The van der Waals surface area contributed by atoms with Crippen LogP contribution in [0.3, 0.4) is 0 Å². The van der Waals surface area contributed by atoms with Crippen LogP contribution in [0.5, 0.6) is 0 Å². The van der Waals surface area contributed by atoms with Gasteiger partial charge in [-0.15, -0.1) is 0 Å². The summed E-state index contributed by atoms with van der Waals surface area (Å²) in [6.45, 7) is 6.78. The Kier molecular flexibility index (Phi) is 3.25. The zero-order valence-electron chi connectivity index (χ0n) is 12.6. The molecule has 0 amide bonds. The third-order valence-electron chi connectivity index (χ3n) is 4.12. The zero-order chi connectivity index (χ0) is 14.2. The molecule has 2 aromatic rings. The first-order valence-electron chi connectivity index (χ1n) is 7.41. The van der Waals surface area contributed by atoms with E-state index in [4.69, 9.17) is 0 Å². The lowest BCUT2D eigenvalue weighted by atomic mass is 9.86. The Morgan fingerprint density at radius 2 is 1.70 bits per heavy atom. The van der Waals surface area contributed by atoms with Crippen molar-refractivity contribution in [3.8, 4) is 0 Å². The van der Waals surface area contributed by atoms with Crippen molar-refractivity contribution in [2.24, 2.45) is 0 Å². The summed E-state index contributed by atoms with van der Waals surface area (Å²) in [4.78, 5) is 0. The van der Waals surface area contributed by atoms with Crippen molar-refractivity contribution < 1.29 is 0 Å². The SMILES string of the molecule is CC(C)(C)c1ccc(Cc2cccc3c2C=CC3)cc1. The minimum atomic E-state index is 0.231. The van der Waals surface area contributed by atoms with Crippen molar-refractivity contribution in [2.75, 3.05) is 0 Å². The minimum absolute atomic E-state index is 0.231. The second kappa shape index (κ2) is 4.94. The van der Waals surface area contributed by atoms with Crippen molar-refractivity contribution in [3.05, 3.63) is 76.4 Å². The van der Waals surface area contributed by atoms with Crippen molar-refractivity contribution in [1.82, 2.24) is 0 Å². The molecule has 20 heavy (non-hydrogen) atoms. The standard InChI is InChI=1S/C20H22/c1-20(2,3)18-12-10-15(11-13-18)14-17-8-4-6-16-7-5-9-19(16)17/h4-6,8-13H,7,14H2,1-3H3. The minimum Gasteiger partial charge on any atom is -0.0795 e. The van der Waals surface area contributed by atoms with Crippen LogP contribution in [-0.2, 0) is 18.3 Å². The van der Waals surface area contributed by atoms with E-state index in [9.17, 15) is 0 Å². The van der Waals surface area contributed by atoms with Gasteiger partial charge in [0, 0.05) is 0 Å². The molecule has 0 spiro atoms. The van der Waals surface area contributed by atoms with Crippen molar-refractivity contribution in [3.63, 3.8) is 0 Å². The number of benzene rings is 2. The zero-order valence-corrected chi connectivity index (χ0v) is 12.6. The molecule has 0 fully saturated rings. The van der Waals surface area contributed by atoms with Gasteiger partial charge < -0.3 is 0 Å². The summed E-state index contributed by atoms with van der Waals surface area (Å²) in [7, 11) is 0. The molecule has 0 aromatic heterocycles. The highest BCUT2D eigenvalue weighted by atomic mass is 14.2. The van der Waals surface area contributed by atoms with Crippen LogP contribution in [0.1, 0.15) is 48.6 Å². The van der Waals surface area contributed by atoms with Gasteiger partial charge in [-0.1, -0.05) is 75.4 Å². The predicted octanol–water partition coefficient (Wildman–Crippen LogP) is 5.14. The molecular weight excluding hydrogens is 240 g/mol. The first-order valence-corrected chi connectivity index (χ1v) is 7.41. The van der Waals surface area contributed by atoms with Gasteiger partial charge in [0.2, 0.25) is 0 Å². The highest BCUT2D eigenvalue weighted by Gasteiger charge is 2.13. The van der Waals surface area contributed by atoms with Crippen LogP contribution in [0.2, 0.25) is 0 Å². The maximum atomic E-state index is 2.28. The van der Waals surface area contributed by atoms with Gasteiger partial charge in [0.25, 0.3) is 0 Å². The van der Waals surface area contributed by atoms with Crippen LogP contribution in [0.15, 0.2) is 48.5 Å². The molecule has 3 rings (SSSR count). The molecule has 0 saturated carbocycles. The van der Waals surface area contributed by atoms with E-state index in [0.717, 1.165) is 12.8 Å². The van der Waals surface area contributed by atoms with E-state index >= 15 is 0 Å². The molecule has 1 aliphatic rings. The first kappa shape index (κ1) is 13.2. The summed E-state index contributed by atoms with van der Waals surface area (Å²) < 4.78 is 0. The van der Waals surface area contributed by atoms with E-state index in [0.29, 0.717) is 0 Å². The number of hydrogen-bond donors (Lipinski definition) is 0. The monoisotopic (exact) mass is 262 g/mol. The van der Waals surface area contributed by atoms with Gasteiger partial charge in [-0.05, 0) is 46.1 Å². The van der Waals surface area contributed by atoms with Gasteiger partial charge >= 0.3 is 0 Å². The maximum Gasteiger partial charge on any atom is -0.00197 e. The average molecular weight is 262 g/mol. The molecule has 0 aliphatic heterocycles. The smallest absolute Gasteiger partial charge is 0.00197 e. The topological polar surface area (TPSA) is 0 Å². The van der Waals surface area contributed by atoms with Crippen LogP contribution in [-0.4, -0.2) is 0 Å². The summed E-state index contributed by atoms with van der Waals surface area (Å²) in [6.07, 6.45) is 6.65. The molecule has 0 heteroatoms. The molecule has 0 saturated heterocycles. The second-order valence-electron chi connectivity index (χ2n) is 6.72. The maximum absolute atomic E-state index is 2.28. The molecule has 0 atom stereocenters. The van der Waals surface area contributed by atoms with E-state index in [1.807, 2.05) is 0 Å². The Morgan fingerprint density at radius 1 is 0.950 bits per heavy atom. The van der Waals surface area contributed by atoms with Crippen LogP contribution in [0.25, 0.3) is 6.08 Å². The summed E-state index contributed by atoms with van der Waals surface area (Å²) in [6, 6.07) is 15.8. The van der Waals surface area contributed by atoms with Crippen LogP contribution >= 0.6 is 0 Å². The molecule has 102 valence electrons. The highest BCUT2D eigenvalue weighted by Crippen LogP contribution is 2.26. The Morgan fingerprint density at radius 3 is 2.40 bits per heavy atom. The Hall–Kier alpha value is -1.82. The fourth-order valence-electron chi connectivity index (χ4n) is 2.86. The molecule has 0 nitrogen and oxygen atoms in total. The van der Waals surface area contributed by atoms with Gasteiger partial charge in [-0.3, -0.25) is 0 Å². The quantitative estimate of drug-likeness (QED) is 0.702. The van der Waals surface area contributed by atoms with E-state index in [1.54, 1.807) is 0 Å². The molecule has 0 N–H and O–H groups in total. The number of rotatable bonds is 2. The molecule has 0 heterocycles. The van der Waals surface area contributed by atoms with Gasteiger partial charge in [0.15, 0.2) is 0 Å². The number of hydrogen-bond acceptors (Lipinski definition) is 0. The number of fused-ring (bicyclic) bond motifs is 1. The Labute approximate surface area is 122 Å². The van der Waals surface area contributed by atoms with Crippen LogP contribution in [0, 0.1) is 0 Å². The lowest BCUT2D eigenvalue weighted by Gasteiger charge is -2.19. The fourth-order valence-corrected chi connectivity index (χ4v) is 2.86. The highest BCUT2D eigenvalue weighted by molar-refractivity contribution is 5.64. The average Bonchev–Trinajstić information content (AvgIpc) is 2.88. The summed E-state index contributed by atoms with van der Waals surface area (Å²) in [5.41, 5.74) is 7.38. The van der Waals surface area contributed by atoms with Gasteiger partial charge in [-0.25, -0.2) is 0 Å². The van der Waals surface area contributed by atoms with Gasteiger partial charge in [-0.2, -0.15) is 0 Å².